The molecule has 1 aromatic carbocycles. The summed E-state index contributed by atoms with van der Waals surface area (Å²) in [7, 11) is 0. The minimum atomic E-state index is -0.962. The maximum absolute atomic E-state index is 11.5. The highest BCUT2D eigenvalue weighted by Gasteiger charge is 2.34. The molecule has 0 saturated heterocycles. The monoisotopic (exact) mass is 206 g/mol. The number of rotatable bonds is 4. The highest BCUT2D eigenvalue weighted by molar-refractivity contribution is 5.91. The van der Waals surface area contributed by atoms with E-state index in [4.69, 9.17) is 5.11 Å². The second-order valence-corrected chi connectivity index (χ2v) is 3.82. The van der Waals surface area contributed by atoms with Crippen LogP contribution in [0.4, 0.5) is 0 Å². The van der Waals surface area contributed by atoms with Crippen LogP contribution >= 0.6 is 0 Å². The van der Waals surface area contributed by atoms with Crippen molar-refractivity contribution in [3.05, 3.63) is 35.9 Å². The normalized spacial score (nSPS) is 14.3. The smallest absolute Gasteiger partial charge is 0.304 e. The first kappa shape index (κ1) is 11.4. The molecule has 0 spiro atoms. The van der Waals surface area contributed by atoms with Crippen LogP contribution in [0.15, 0.2) is 30.3 Å². The van der Waals surface area contributed by atoms with Crippen molar-refractivity contribution >= 4 is 11.8 Å². The fourth-order valence-electron chi connectivity index (χ4n) is 1.54. The predicted molar refractivity (Wildman–Crippen MR) is 56.7 cm³/mol. The van der Waals surface area contributed by atoms with Crippen molar-refractivity contribution < 1.29 is 14.7 Å². The van der Waals surface area contributed by atoms with Gasteiger partial charge in [-0.25, -0.2) is 0 Å². The van der Waals surface area contributed by atoms with Crippen LogP contribution in [0.2, 0.25) is 0 Å². The van der Waals surface area contributed by atoms with Crippen LogP contribution in [0.3, 0.4) is 0 Å². The molecule has 0 radical (unpaired) electrons. The maximum atomic E-state index is 11.5. The summed E-state index contributed by atoms with van der Waals surface area (Å²) >= 11 is 0. The largest absolute Gasteiger partial charge is 0.481 e. The number of carbonyl (C=O) groups excluding carboxylic acids is 1. The molecular formula is C12H14O3. The lowest BCUT2D eigenvalue weighted by Gasteiger charge is -2.25. The van der Waals surface area contributed by atoms with Gasteiger partial charge in [0.05, 0.1) is 11.8 Å². The van der Waals surface area contributed by atoms with Crippen molar-refractivity contribution in [2.75, 3.05) is 0 Å². The van der Waals surface area contributed by atoms with E-state index >= 15 is 0 Å². The standard InChI is InChI=1S/C12H14O3/c1-9(13)12(2,8-11(14)15)10-6-4-3-5-7-10/h3-7H,8H2,1-2H3,(H,14,15). The van der Waals surface area contributed by atoms with Crippen molar-refractivity contribution in [2.24, 2.45) is 0 Å². The SMILES string of the molecule is CC(=O)C(C)(CC(=O)O)c1ccccc1. The lowest BCUT2D eigenvalue weighted by Crippen LogP contribution is -2.33. The quantitative estimate of drug-likeness (QED) is 0.819. The van der Waals surface area contributed by atoms with Gasteiger partial charge in [0.15, 0.2) is 0 Å². The van der Waals surface area contributed by atoms with Gasteiger partial charge in [-0.05, 0) is 19.4 Å². The van der Waals surface area contributed by atoms with Gasteiger partial charge >= 0.3 is 5.97 Å². The van der Waals surface area contributed by atoms with Gasteiger partial charge in [-0.3, -0.25) is 9.59 Å². The van der Waals surface area contributed by atoms with Gasteiger partial charge in [-0.2, -0.15) is 0 Å². The lowest BCUT2D eigenvalue weighted by molar-refractivity contribution is -0.141. The third-order valence-corrected chi connectivity index (χ3v) is 2.69. The van der Waals surface area contributed by atoms with E-state index in [1.165, 1.54) is 6.92 Å². The minimum Gasteiger partial charge on any atom is -0.481 e. The number of aliphatic carboxylic acids is 1. The van der Waals surface area contributed by atoms with E-state index < -0.39 is 11.4 Å². The molecule has 1 N–H and O–H groups in total. The van der Waals surface area contributed by atoms with E-state index in [0.717, 1.165) is 5.56 Å². The molecule has 0 amide bonds. The van der Waals surface area contributed by atoms with Gasteiger partial charge in [0, 0.05) is 0 Å². The molecule has 1 rings (SSSR count). The molecule has 0 aliphatic heterocycles. The molecule has 1 unspecified atom stereocenters. The Morgan fingerprint density at radius 1 is 1.27 bits per heavy atom. The van der Waals surface area contributed by atoms with Crippen LogP contribution in [-0.4, -0.2) is 16.9 Å². The molecule has 1 aromatic rings. The Hall–Kier alpha value is -1.64. The van der Waals surface area contributed by atoms with Crippen molar-refractivity contribution in [1.29, 1.82) is 0 Å². The van der Waals surface area contributed by atoms with Crippen molar-refractivity contribution in [1.82, 2.24) is 0 Å². The number of carbonyl (C=O) groups is 2. The maximum Gasteiger partial charge on any atom is 0.304 e. The summed E-state index contributed by atoms with van der Waals surface area (Å²) in [4.78, 5) is 22.3. The molecule has 80 valence electrons. The van der Waals surface area contributed by atoms with Crippen LogP contribution < -0.4 is 0 Å². The van der Waals surface area contributed by atoms with Crippen LogP contribution in [0, 0.1) is 0 Å². The zero-order valence-electron chi connectivity index (χ0n) is 8.86. The molecule has 0 aromatic heterocycles. The van der Waals surface area contributed by atoms with Crippen molar-refractivity contribution in [2.45, 2.75) is 25.7 Å². The molecule has 3 nitrogen and oxygen atoms in total. The fraction of sp³-hybridized carbons (Fsp3) is 0.333. The molecule has 1 atom stereocenters. The zero-order chi connectivity index (χ0) is 11.5. The summed E-state index contributed by atoms with van der Waals surface area (Å²) in [5.41, 5.74) is -0.174. The Kier molecular flexibility index (Phi) is 3.24. The average Bonchev–Trinajstić information content (AvgIpc) is 2.17. The third-order valence-electron chi connectivity index (χ3n) is 2.69. The summed E-state index contributed by atoms with van der Waals surface area (Å²) in [6, 6.07) is 9.01. The molecule has 3 heteroatoms. The first-order chi connectivity index (χ1) is 6.97. The van der Waals surface area contributed by atoms with Gasteiger partial charge in [0.25, 0.3) is 0 Å². The number of ketones is 1. The van der Waals surface area contributed by atoms with Gasteiger partial charge in [-0.1, -0.05) is 30.3 Å². The van der Waals surface area contributed by atoms with Crippen LogP contribution in [-0.2, 0) is 15.0 Å². The number of carboxylic acids is 1. The number of benzene rings is 1. The highest BCUT2D eigenvalue weighted by Crippen LogP contribution is 2.28. The van der Waals surface area contributed by atoms with Gasteiger partial charge in [-0.15, -0.1) is 0 Å². The summed E-state index contributed by atoms with van der Waals surface area (Å²) in [6.07, 6.45) is -0.174. The van der Waals surface area contributed by atoms with Crippen molar-refractivity contribution in [3.8, 4) is 0 Å². The first-order valence-electron chi connectivity index (χ1n) is 4.75. The predicted octanol–water partition coefficient (Wildman–Crippen LogP) is 2.01. The minimum absolute atomic E-state index is 0.129. The molecule has 0 heterocycles. The second-order valence-electron chi connectivity index (χ2n) is 3.82. The van der Waals surface area contributed by atoms with E-state index in [1.54, 1.807) is 31.2 Å². The van der Waals surface area contributed by atoms with E-state index in [9.17, 15) is 9.59 Å². The molecular weight excluding hydrogens is 192 g/mol. The van der Waals surface area contributed by atoms with Crippen LogP contribution in [0.5, 0.6) is 0 Å². The second kappa shape index (κ2) is 4.26. The zero-order valence-corrected chi connectivity index (χ0v) is 8.86. The molecule has 0 aliphatic rings. The van der Waals surface area contributed by atoms with E-state index in [-0.39, 0.29) is 12.2 Å². The number of carboxylic acid groups (broad SMARTS) is 1. The Morgan fingerprint density at radius 3 is 2.20 bits per heavy atom. The van der Waals surface area contributed by atoms with Crippen molar-refractivity contribution in [3.63, 3.8) is 0 Å². The molecule has 0 aliphatic carbocycles. The van der Waals surface area contributed by atoms with Gasteiger partial charge in [0.2, 0.25) is 0 Å². The van der Waals surface area contributed by atoms with E-state index in [1.807, 2.05) is 6.07 Å². The first-order valence-corrected chi connectivity index (χ1v) is 4.75. The van der Waals surface area contributed by atoms with Crippen LogP contribution in [0.25, 0.3) is 0 Å². The summed E-state index contributed by atoms with van der Waals surface area (Å²) < 4.78 is 0. The Bertz CT molecular complexity index is 370. The molecule has 0 bridgehead atoms. The topological polar surface area (TPSA) is 54.4 Å². The van der Waals surface area contributed by atoms with Gasteiger partial charge in [0.1, 0.15) is 5.78 Å². The average molecular weight is 206 g/mol. The fourth-order valence-corrected chi connectivity index (χ4v) is 1.54. The van der Waals surface area contributed by atoms with Crippen LogP contribution in [0.1, 0.15) is 25.8 Å². The number of hydrogen-bond donors (Lipinski definition) is 1. The Labute approximate surface area is 88.7 Å². The molecule has 0 saturated carbocycles. The number of Topliss-reactive ketones (excluding diaryl/α,β-unsaturated/α-hetero) is 1. The third kappa shape index (κ3) is 2.43. The summed E-state index contributed by atoms with van der Waals surface area (Å²) in [5, 5.41) is 8.81. The lowest BCUT2D eigenvalue weighted by atomic mass is 9.76. The highest BCUT2D eigenvalue weighted by atomic mass is 16.4. The summed E-state index contributed by atoms with van der Waals surface area (Å²) in [5.74, 6) is -1.09. The molecule has 0 fully saturated rings. The summed E-state index contributed by atoms with van der Waals surface area (Å²) in [6.45, 7) is 3.09. The van der Waals surface area contributed by atoms with E-state index in [0.29, 0.717) is 0 Å². The van der Waals surface area contributed by atoms with Gasteiger partial charge < -0.3 is 5.11 Å². The molecule has 15 heavy (non-hydrogen) atoms. The van der Waals surface area contributed by atoms with E-state index in [2.05, 4.69) is 0 Å². The Balaban J connectivity index is 3.13. The Morgan fingerprint density at radius 2 is 1.80 bits per heavy atom. The number of hydrogen-bond acceptors (Lipinski definition) is 2.